The molecule has 3 aliphatic rings. The van der Waals surface area contributed by atoms with Crippen LogP contribution in [0.2, 0.25) is 0 Å². The van der Waals surface area contributed by atoms with Crippen LogP contribution in [0.3, 0.4) is 0 Å². The first kappa shape index (κ1) is 31.5. The van der Waals surface area contributed by atoms with Gasteiger partial charge in [0, 0.05) is 73.8 Å². The number of nitrogens with zero attached hydrogens (tertiary/aromatic N) is 7. The SMILES string of the molecule is Cc1ccc2[nH]ncc2c1-c1cc2nc(OCC3CCCN3C)nc(N3CCC4(CC3)CN(C(=O)OC(C)(C)C)C4)c2cc1N(C)C. The van der Waals surface area contributed by atoms with E-state index in [1.807, 2.05) is 31.9 Å². The number of aryl methyl sites for hydroxylation is 1. The van der Waals surface area contributed by atoms with Crippen molar-refractivity contribution >= 4 is 39.4 Å². The number of ether oxygens (including phenoxy) is 2. The average Bonchev–Trinajstić information content (AvgIpc) is 3.65. The fourth-order valence-electron chi connectivity index (χ4n) is 7.58. The van der Waals surface area contributed by atoms with Crippen LogP contribution >= 0.6 is 0 Å². The summed E-state index contributed by atoms with van der Waals surface area (Å²) in [4.78, 5) is 31.6. The Morgan fingerprint density at radius 3 is 2.53 bits per heavy atom. The van der Waals surface area contributed by atoms with Gasteiger partial charge in [0.05, 0.1) is 17.2 Å². The van der Waals surface area contributed by atoms with Gasteiger partial charge >= 0.3 is 12.1 Å². The summed E-state index contributed by atoms with van der Waals surface area (Å²) in [5.74, 6) is 0.913. The number of amides is 1. The molecular weight excluding hydrogens is 592 g/mol. The first-order chi connectivity index (χ1) is 22.4. The lowest BCUT2D eigenvalue weighted by Gasteiger charge is -2.53. The van der Waals surface area contributed by atoms with E-state index in [2.05, 4.69) is 77.2 Å². The number of H-pyrrole nitrogens is 1. The third-order valence-corrected chi connectivity index (χ3v) is 10.3. The smallest absolute Gasteiger partial charge is 0.410 e. The van der Waals surface area contributed by atoms with Crippen molar-refractivity contribution in [2.24, 2.45) is 5.41 Å². The van der Waals surface area contributed by atoms with Crippen molar-refractivity contribution in [2.45, 2.75) is 65.0 Å². The standard InChI is InChI=1S/C36H48N8O3/c1-23-10-11-28-27(19-37-40-28)31(23)26-17-29-25(18-30(26)41(5)6)32(39-33(38-29)46-20-24-9-8-14-42(24)7)43-15-12-36(13-16-43)21-44(22-36)34(45)47-35(2,3)4/h10-11,17-19,24H,8-9,12-16,20-22H2,1-7H3,(H,37,40). The summed E-state index contributed by atoms with van der Waals surface area (Å²) < 4.78 is 12.0. The normalized spacial score (nSPS) is 19.9. The topological polar surface area (TPSA) is 103 Å². The second-order valence-electron chi connectivity index (χ2n) is 15.1. The zero-order valence-corrected chi connectivity index (χ0v) is 28.9. The fraction of sp³-hybridized carbons (Fsp3) is 0.556. The Hall–Kier alpha value is -4.12. The molecule has 1 N–H and O–H groups in total. The molecule has 2 aromatic heterocycles. The minimum Gasteiger partial charge on any atom is -0.462 e. The maximum Gasteiger partial charge on any atom is 0.410 e. The molecule has 0 aliphatic carbocycles. The highest BCUT2D eigenvalue weighted by Gasteiger charge is 2.48. The molecule has 1 unspecified atom stereocenters. The first-order valence-electron chi connectivity index (χ1n) is 16.9. The molecule has 7 rings (SSSR count). The molecule has 1 atom stereocenters. The lowest BCUT2D eigenvalue weighted by Crippen LogP contribution is -2.62. The fourth-order valence-corrected chi connectivity index (χ4v) is 7.58. The maximum atomic E-state index is 12.7. The molecule has 1 spiro atoms. The van der Waals surface area contributed by atoms with E-state index in [1.165, 1.54) is 12.0 Å². The summed E-state index contributed by atoms with van der Waals surface area (Å²) in [5.41, 5.74) is 6.05. The van der Waals surface area contributed by atoms with E-state index in [-0.39, 0.29) is 11.5 Å². The van der Waals surface area contributed by atoms with E-state index in [1.54, 1.807) is 0 Å². The van der Waals surface area contributed by atoms with Gasteiger partial charge in [0.2, 0.25) is 0 Å². The van der Waals surface area contributed by atoms with Gasteiger partial charge < -0.3 is 29.1 Å². The molecule has 3 aliphatic heterocycles. The second kappa shape index (κ2) is 11.8. The van der Waals surface area contributed by atoms with E-state index in [9.17, 15) is 4.79 Å². The second-order valence-corrected chi connectivity index (χ2v) is 15.1. The number of hydrogen-bond acceptors (Lipinski definition) is 9. The minimum absolute atomic E-state index is 0.130. The van der Waals surface area contributed by atoms with Gasteiger partial charge in [-0.2, -0.15) is 15.1 Å². The molecule has 3 saturated heterocycles. The predicted octanol–water partition coefficient (Wildman–Crippen LogP) is 5.86. The number of likely N-dealkylation sites (N-methyl/N-ethyl adjacent to an activating group) is 1. The minimum atomic E-state index is -0.487. The Bertz CT molecular complexity index is 1800. The molecule has 47 heavy (non-hydrogen) atoms. The number of carbonyl (C=O) groups excluding carboxylic acids is 1. The molecule has 0 radical (unpaired) electrons. The number of nitrogens with one attached hydrogen (secondary N) is 1. The van der Waals surface area contributed by atoms with Crippen LogP contribution in [0.4, 0.5) is 16.3 Å². The number of likely N-dealkylation sites (tertiary alicyclic amines) is 2. The van der Waals surface area contributed by atoms with Crippen molar-refractivity contribution in [1.29, 1.82) is 0 Å². The van der Waals surface area contributed by atoms with Crippen molar-refractivity contribution in [1.82, 2.24) is 30.0 Å². The zero-order valence-electron chi connectivity index (χ0n) is 28.9. The number of anilines is 2. The van der Waals surface area contributed by atoms with Crippen molar-refractivity contribution in [3.05, 3.63) is 36.0 Å². The third kappa shape index (κ3) is 6.06. The number of carbonyl (C=O) groups is 1. The van der Waals surface area contributed by atoms with Gasteiger partial charge in [-0.25, -0.2) is 4.79 Å². The van der Waals surface area contributed by atoms with Crippen molar-refractivity contribution in [3.8, 4) is 17.1 Å². The first-order valence-corrected chi connectivity index (χ1v) is 16.9. The zero-order chi connectivity index (χ0) is 33.1. The van der Waals surface area contributed by atoms with E-state index in [0.29, 0.717) is 18.7 Å². The summed E-state index contributed by atoms with van der Waals surface area (Å²) in [6.07, 6.45) is 5.98. The molecule has 4 aromatic rings. The number of rotatable bonds is 6. The van der Waals surface area contributed by atoms with E-state index >= 15 is 0 Å². The number of hydrogen-bond donors (Lipinski definition) is 1. The number of aromatic amines is 1. The Labute approximate surface area is 277 Å². The molecule has 1 amide bonds. The summed E-state index contributed by atoms with van der Waals surface area (Å²) in [6, 6.07) is 9.47. The van der Waals surface area contributed by atoms with Crippen LogP contribution in [0.25, 0.3) is 32.9 Å². The quantitative estimate of drug-likeness (QED) is 0.278. The number of aromatic nitrogens is 4. The Balaban J connectivity index is 1.23. The lowest BCUT2D eigenvalue weighted by molar-refractivity contribution is -0.0434. The van der Waals surface area contributed by atoms with Crippen LogP contribution in [-0.2, 0) is 4.74 Å². The lowest BCUT2D eigenvalue weighted by atomic mass is 9.72. The molecule has 11 nitrogen and oxygen atoms in total. The largest absolute Gasteiger partial charge is 0.462 e. The van der Waals surface area contributed by atoms with E-state index in [0.717, 1.165) is 96.4 Å². The van der Waals surface area contributed by atoms with Crippen LogP contribution in [0.15, 0.2) is 30.5 Å². The Morgan fingerprint density at radius 1 is 1.09 bits per heavy atom. The highest BCUT2D eigenvalue weighted by molar-refractivity contribution is 6.04. The Morgan fingerprint density at radius 2 is 1.85 bits per heavy atom. The number of fused-ring (bicyclic) bond motifs is 2. The summed E-state index contributed by atoms with van der Waals surface area (Å²) in [6.45, 7) is 12.8. The van der Waals surface area contributed by atoms with Crippen molar-refractivity contribution in [3.63, 3.8) is 0 Å². The molecule has 2 aromatic carbocycles. The summed E-state index contributed by atoms with van der Waals surface area (Å²) >= 11 is 0. The van der Waals surface area contributed by atoms with E-state index in [4.69, 9.17) is 19.4 Å². The Kier molecular flexibility index (Phi) is 7.93. The molecule has 250 valence electrons. The number of piperidine rings is 1. The molecule has 0 saturated carbocycles. The van der Waals surface area contributed by atoms with Gasteiger partial charge in [-0.05, 0) is 96.3 Å². The van der Waals surface area contributed by atoms with E-state index < -0.39 is 5.60 Å². The van der Waals surface area contributed by atoms with Gasteiger partial charge in [0.25, 0.3) is 0 Å². The molecule has 11 heteroatoms. The van der Waals surface area contributed by atoms with Crippen LogP contribution in [0.1, 0.15) is 52.0 Å². The summed E-state index contributed by atoms with van der Waals surface area (Å²) in [7, 11) is 6.34. The van der Waals surface area contributed by atoms with Crippen LogP contribution in [-0.4, -0.2) is 108 Å². The monoisotopic (exact) mass is 640 g/mol. The van der Waals surface area contributed by atoms with Gasteiger partial charge in [-0.1, -0.05) is 6.07 Å². The van der Waals surface area contributed by atoms with Gasteiger partial charge in [0.15, 0.2) is 0 Å². The van der Waals surface area contributed by atoms with Gasteiger partial charge in [-0.3, -0.25) is 5.10 Å². The highest BCUT2D eigenvalue weighted by atomic mass is 16.6. The van der Waals surface area contributed by atoms with Crippen LogP contribution in [0, 0.1) is 12.3 Å². The van der Waals surface area contributed by atoms with Crippen molar-refractivity contribution < 1.29 is 14.3 Å². The van der Waals surface area contributed by atoms with Gasteiger partial charge in [0.1, 0.15) is 18.0 Å². The predicted molar refractivity (Wildman–Crippen MR) is 187 cm³/mol. The number of benzene rings is 2. The van der Waals surface area contributed by atoms with Gasteiger partial charge in [-0.15, -0.1) is 0 Å². The summed E-state index contributed by atoms with van der Waals surface area (Å²) in [5, 5.41) is 9.59. The van der Waals surface area contributed by atoms with Crippen LogP contribution in [0.5, 0.6) is 6.01 Å². The third-order valence-electron chi connectivity index (χ3n) is 10.3. The molecule has 0 bridgehead atoms. The van der Waals surface area contributed by atoms with Crippen molar-refractivity contribution in [2.75, 3.05) is 70.3 Å². The molecular formula is C36H48N8O3. The average molecular weight is 641 g/mol. The maximum absolute atomic E-state index is 12.7. The molecule has 3 fully saturated rings. The highest BCUT2D eigenvalue weighted by Crippen LogP contribution is 2.45. The van der Waals surface area contributed by atoms with Crippen LogP contribution < -0.4 is 14.5 Å². The molecule has 5 heterocycles.